The van der Waals surface area contributed by atoms with Gasteiger partial charge in [-0.2, -0.15) is 0 Å². The van der Waals surface area contributed by atoms with E-state index in [1.807, 2.05) is 0 Å². The number of unbranched alkanes of at least 4 members (excludes halogenated alkanes) is 10. The van der Waals surface area contributed by atoms with Crippen LogP contribution in [0.2, 0.25) is 0 Å². The van der Waals surface area contributed by atoms with Gasteiger partial charge in [0, 0.05) is 20.9 Å². The summed E-state index contributed by atoms with van der Waals surface area (Å²) in [7, 11) is 0. The maximum Gasteiger partial charge on any atom is 0.202 e. The largest absolute Gasteiger partial charge is 0.288 e. The highest BCUT2D eigenvalue weighted by molar-refractivity contribution is 8.08. The average molecular weight is 521 g/mol. The molecule has 0 fully saturated rings. The number of allylic oxidation sites excluding steroid dienone is 2. The Hall–Kier alpha value is -1.78. The number of carbonyl (C=O) groups excluding carboxylic acids is 2. The van der Waals surface area contributed by atoms with Crippen LogP contribution in [0.4, 0.5) is 0 Å². The van der Waals surface area contributed by atoms with Crippen molar-refractivity contribution in [1.82, 2.24) is 0 Å². The Morgan fingerprint density at radius 3 is 1.33 bits per heavy atom. The van der Waals surface area contributed by atoms with Crippen molar-refractivity contribution in [2.24, 2.45) is 0 Å². The maximum atomic E-state index is 13.4. The number of carbonyl (C=O) groups is 2. The van der Waals surface area contributed by atoms with Crippen molar-refractivity contribution in [3.8, 4) is 0 Å². The lowest BCUT2D eigenvalue weighted by Gasteiger charge is -2.04. The SMILES string of the molecule is CCCCCCCCc1ccc2c(c1)C(=O)/C(=C1/Sc3ccc(CCCCCCCC)cc3C1=O)S2. The highest BCUT2D eigenvalue weighted by Crippen LogP contribution is 2.50. The fourth-order valence-corrected chi connectivity index (χ4v) is 7.33. The zero-order valence-electron chi connectivity index (χ0n) is 22.0. The van der Waals surface area contributed by atoms with Crippen LogP contribution in [-0.2, 0) is 12.8 Å². The molecule has 2 aromatic rings. The molecular formula is C32H40O2S2. The molecule has 0 radical (unpaired) electrons. The molecule has 2 aromatic carbocycles. The molecule has 0 bridgehead atoms. The van der Waals surface area contributed by atoms with E-state index in [-0.39, 0.29) is 11.6 Å². The van der Waals surface area contributed by atoms with Crippen LogP contribution in [0.1, 0.15) is 123 Å². The average Bonchev–Trinajstić information content (AvgIpc) is 3.39. The molecule has 4 heteroatoms. The topological polar surface area (TPSA) is 34.1 Å². The quantitative estimate of drug-likeness (QED) is 0.183. The first-order valence-electron chi connectivity index (χ1n) is 14.1. The van der Waals surface area contributed by atoms with Gasteiger partial charge in [-0.3, -0.25) is 9.59 Å². The number of Topliss-reactive ketones (excluding diaryl/α,β-unsaturated/α-hetero) is 2. The van der Waals surface area contributed by atoms with Gasteiger partial charge in [-0.15, -0.1) is 0 Å². The fourth-order valence-electron chi connectivity index (χ4n) is 5.07. The third-order valence-electron chi connectivity index (χ3n) is 7.26. The lowest BCUT2D eigenvalue weighted by atomic mass is 10.00. The zero-order valence-corrected chi connectivity index (χ0v) is 23.6. The van der Waals surface area contributed by atoms with Crippen molar-refractivity contribution in [2.45, 2.75) is 114 Å². The molecule has 0 spiro atoms. The molecule has 0 saturated carbocycles. The summed E-state index contributed by atoms with van der Waals surface area (Å²) in [5.41, 5.74) is 4.02. The van der Waals surface area contributed by atoms with Gasteiger partial charge in [0.25, 0.3) is 0 Å². The standard InChI is InChI=1S/C32H40O2S2/c1-3-5-7-9-11-13-15-23-17-19-27-25(21-23)29(33)31(35-27)32-30(34)26-22-24(18-20-28(26)36-32)16-14-12-10-8-6-4-2/h17-22H,3-16H2,1-2H3/b32-31-. The van der Waals surface area contributed by atoms with Gasteiger partial charge < -0.3 is 0 Å². The van der Waals surface area contributed by atoms with Crippen LogP contribution in [0.5, 0.6) is 0 Å². The summed E-state index contributed by atoms with van der Waals surface area (Å²) >= 11 is 2.96. The highest BCUT2D eigenvalue weighted by atomic mass is 32.2. The Labute approximate surface area is 226 Å². The molecule has 0 saturated heterocycles. The van der Waals surface area contributed by atoms with Crippen LogP contribution in [0.15, 0.2) is 56.0 Å². The summed E-state index contributed by atoms with van der Waals surface area (Å²) in [6.45, 7) is 4.49. The molecule has 0 unspecified atom stereocenters. The molecule has 2 aliphatic heterocycles. The third kappa shape index (κ3) is 6.75. The monoisotopic (exact) mass is 520 g/mol. The highest BCUT2D eigenvalue weighted by Gasteiger charge is 2.36. The summed E-state index contributed by atoms with van der Waals surface area (Å²) in [6.07, 6.45) is 17.3. The van der Waals surface area contributed by atoms with E-state index in [2.05, 4.69) is 50.2 Å². The van der Waals surface area contributed by atoms with Gasteiger partial charge in [-0.1, -0.05) is 114 Å². The molecule has 4 rings (SSSR count). The first-order valence-corrected chi connectivity index (χ1v) is 15.7. The number of hydrogen-bond acceptors (Lipinski definition) is 4. The van der Waals surface area contributed by atoms with E-state index >= 15 is 0 Å². The Kier molecular flexibility index (Phi) is 10.4. The summed E-state index contributed by atoms with van der Waals surface area (Å²) < 4.78 is 0. The number of ketones is 2. The van der Waals surface area contributed by atoms with Gasteiger partial charge in [0.05, 0.1) is 9.81 Å². The van der Waals surface area contributed by atoms with Crippen molar-refractivity contribution in [1.29, 1.82) is 0 Å². The van der Waals surface area contributed by atoms with E-state index in [4.69, 9.17) is 0 Å². The van der Waals surface area contributed by atoms with Crippen LogP contribution in [0.25, 0.3) is 0 Å². The third-order valence-corrected chi connectivity index (χ3v) is 9.73. The van der Waals surface area contributed by atoms with Crippen molar-refractivity contribution in [3.63, 3.8) is 0 Å². The second kappa shape index (κ2) is 13.7. The number of fused-ring (bicyclic) bond motifs is 2. The summed E-state index contributed by atoms with van der Waals surface area (Å²) in [5.74, 6) is 0.0477. The van der Waals surface area contributed by atoms with E-state index in [1.165, 1.54) is 112 Å². The lowest BCUT2D eigenvalue weighted by Crippen LogP contribution is -2.03. The first-order chi connectivity index (χ1) is 17.6. The summed E-state index contributed by atoms with van der Waals surface area (Å²) in [5, 5.41) is 0. The van der Waals surface area contributed by atoms with Crippen molar-refractivity contribution >= 4 is 35.1 Å². The van der Waals surface area contributed by atoms with E-state index in [0.29, 0.717) is 9.81 Å². The molecule has 2 aliphatic rings. The molecule has 0 N–H and O–H groups in total. The maximum absolute atomic E-state index is 13.4. The Balaban J connectivity index is 1.38. The van der Waals surface area contributed by atoms with E-state index in [0.717, 1.165) is 33.8 Å². The summed E-state index contributed by atoms with van der Waals surface area (Å²) in [6, 6.07) is 12.6. The number of hydrogen-bond donors (Lipinski definition) is 0. The second-order valence-electron chi connectivity index (χ2n) is 10.2. The van der Waals surface area contributed by atoms with Crippen LogP contribution >= 0.6 is 23.5 Å². The lowest BCUT2D eigenvalue weighted by molar-refractivity contribution is 0.101. The van der Waals surface area contributed by atoms with E-state index in [9.17, 15) is 9.59 Å². The number of aryl methyl sites for hydroxylation is 2. The predicted molar refractivity (Wildman–Crippen MR) is 154 cm³/mol. The molecule has 0 amide bonds. The number of rotatable bonds is 14. The second-order valence-corrected chi connectivity index (χ2v) is 12.3. The molecule has 0 aliphatic carbocycles. The van der Waals surface area contributed by atoms with E-state index in [1.54, 1.807) is 0 Å². The Morgan fingerprint density at radius 2 is 0.917 bits per heavy atom. The molecule has 0 atom stereocenters. The smallest absolute Gasteiger partial charge is 0.202 e. The predicted octanol–water partition coefficient (Wildman–Crippen LogP) is 9.98. The minimum atomic E-state index is 0.0238. The zero-order chi connectivity index (χ0) is 25.3. The molecular weight excluding hydrogens is 480 g/mol. The molecule has 2 nitrogen and oxygen atoms in total. The fraction of sp³-hybridized carbons (Fsp3) is 0.500. The van der Waals surface area contributed by atoms with E-state index < -0.39 is 0 Å². The van der Waals surface area contributed by atoms with Crippen molar-refractivity contribution in [2.75, 3.05) is 0 Å². The molecule has 2 heterocycles. The molecule has 0 aromatic heterocycles. The summed E-state index contributed by atoms with van der Waals surface area (Å²) in [4.78, 5) is 29.9. The van der Waals surface area contributed by atoms with Crippen molar-refractivity contribution < 1.29 is 9.59 Å². The van der Waals surface area contributed by atoms with Gasteiger partial charge in [0.1, 0.15) is 0 Å². The Morgan fingerprint density at radius 1 is 0.528 bits per heavy atom. The van der Waals surface area contributed by atoms with Crippen LogP contribution in [0.3, 0.4) is 0 Å². The van der Waals surface area contributed by atoms with Gasteiger partial charge >= 0.3 is 0 Å². The first kappa shape index (κ1) is 27.3. The molecule has 192 valence electrons. The van der Waals surface area contributed by atoms with Gasteiger partial charge in [-0.05, 0) is 61.1 Å². The normalized spacial score (nSPS) is 16.6. The van der Waals surface area contributed by atoms with Crippen LogP contribution < -0.4 is 0 Å². The van der Waals surface area contributed by atoms with Gasteiger partial charge in [0.2, 0.25) is 11.6 Å². The van der Waals surface area contributed by atoms with Crippen LogP contribution in [-0.4, -0.2) is 11.6 Å². The molecule has 36 heavy (non-hydrogen) atoms. The van der Waals surface area contributed by atoms with Crippen LogP contribution in [0, 0.1) is 0 Å². The number of benzene rings is 2. The van der Waals surface area contributed by atoms with Crippen molar-refractivity contribution in [3.05, 3.63) is 68.5 Å². The Bertz CT molecular complexity index is 1030. The minimum Gasteiger partial charge on any atom is -0.288 e. The van der Waals surface area contributed by atoms with Gasteiger partial charge in [-0.25, -0.2) is 0 Å². The number of thioether (sulfide) groups is 2. The minimum absolute atomic E-state index is 0.0238. The van der Waals surface area contributed by atoms with Gasteiger partial charge in [0.15, 0.2) is 0 Å².